The molecule has 0 N–H and O–H groups in total. The van der Waals surface area contributed by atoms with E-state index in [1.54, 1.807) is 29.4 Å². The van der Waals surface area contributed by atoms with E-state index in [2.05, 4.69) is 31.0 Å². The number of hydrogen-bond donors (Lipinski definition) is 0. The molecule has 2 aromatic carbocycles. The summed E-state index contributed by atoms with van der Waals surface area (Å²) in [5.74, 6) is 0.149. The summed E-state index contributed by atoms with van der Waals surface area (Å²) >= 11 is 11.0. The summed E-state index contributed by atoms with van der Waals surface area (Å²) < 4.78 is 2.36. The predicted octanol–water partition coefficient (Wildman–Crippen LogP) is 4.09. The Morgan fingerprint density at radius 3 is 2.68 bits per heavy atom. The van der Waals surface area contributed by atoms with Gasteiger partial charge in [-0.1, -0.05) is 57.1 Å². The Bertz CT molecular complexity index is 1720. The second kappa shape index (κ2) is 8.12. The number of benzene rings is 2. The molecule has 3 aromatic heterocycles. The summed E-state index contributed by atoms with van der Waals surface area (Å²) in [6.07, 6.45) is 3.30. The van der Waals surface area contributed by atoms with Crippen LogP contribution in [-0.2, 0) is 11.3 Å². The number of rotatable bonds is 3. The molecule has 4 heterocycles. The molecule has 34 heavy (non-hydrogen) atoms. The standard InChI is InChI=1S/C24H13BrClN5O2S/c25-15-7-8-18-16(10-15)19(22(32)30(18)12-14-4-1-2-6-17(14)26)20-23(33)31-24(34-20)28-21(29-31)13-5-3-9-27-11-13/h1-11H,12H2/b20-19-. The molecule has 0 unspecified atom stereocenters. The number of nitrogens with zero attached hydrogens (tertiary/aromatic N) is 5. The maximum Gasteiger partial charge on any atom is 0.291 e. The van der Waals surface area contributed by atoms with Crippen molar-refractivity contribution in [2.45, 2.75) is 6.54 Å². The van der Waals surface area contributed by atoms with Gasteiger partial charge in [0.1, 0.15) is 4.53 Å². The molecular formula is C24H13BrClN5O2S. The zero-order valence-corrected chi connectivity index (χ0v) is 20.4. The number of carbonyl (C=O) groups excluding carboxylic acids is 1. The van der Waals surface area contributed by atoms with Crippen LogP contribution in [0.5, 0.6) is 0 Å². The van der Waals surface area contributed by atoms with Crippen molar-refractivity contribution in [3.8, 4) is 11.4 Å². The van der Waals surface area contributed by atoms with Gasteiger partial charge < -0.3 is 4.90 Å². The summed E-state index contributed by atoms with van der Waals surface area (Å²) in [6.45, 7) is 0.288. The van der Waals surface area contributed by atoms with E-state index in [4.69, 9.17) is 11.6 Å². The summed E-state index contributed by atoms with van der Waals surface area (Å²) in [7, 11) is 0. The molecular weight excluding hydrogens is 538 g/mol. The van der Waals surface area contributed by atoms with Crippen molar-refractivity contribution in [1.82, 2.24) is 19.6 Å². The second-order valence-corrected chi connectivity index (χ2v) is 9.93. The van der Waals surface area contributed by atoms with Gasteiger partial charge >= 0.3 is 0 Å². The average molecular weight is 551 g/mol. The summed E-state index contributed by atoms with van der Waals surface area (Å²) in [4.78, 5) is 37.7. The van der Waals surface area contributed by atoms with Gasteiger partial charge in [0, 0.05) is 33.0 Å². The lowest BCUT2D eigenvalue weighted by Gasteiger charge is -2.18. The molecule has 0 saturated carbocycles. The summed E-state index contributed by atoms with van der Waals surface area (Å²) in [6, 6.07) is 16.6. The van der Waals surface area contributed by atoms with E-state index in [-0.39, 0.29) is 18.0 Å². The van der Waals surface area contributed by atoms with Gasteiger partial charge in [-0.05, 0) is 42.0 Å². The fraction of sp³-hybridized carbons (Fsp3) is 0.0417. The topological polar surface area (TPSA) is 80.5 Å². The van der Waals surface area contributed by atoms with Gasteiger partial charge in [0.2, 0.25) is 4.96 Å². The molecule has 5 aromatic rings. The van der Waals surface area contributed by atoms with Crippen molar-refractivity contribution in [3.05, 3.63) is 102 Å². The maximum absolute atomic E-state index is 13.7. The van der Waals surface area contributed by atoms with Gasteiger partial charge in [-0.2, -0.15) is 9.50 Å². The van der Waals surface area contributed by atoms with E-state index < -0.39 is 0 Å². The first kappa shape index (κ1) is 21.2. The number of pyridine rings is 1. The van der Waals surface area contributed by atoms with Crippen LogP contribution in [0.15, 0.2) is 76.3 Å². The minimum absolute atomic E-state index is 0.262. The quantitative estimate of drug-likeness (QED) is 0.338. The van der Waals surface area contributed by atoms with Crippen LogP contribution >= 0.6 is 38.9 Å². The Morgan fingerprint density at radius 1 is 1.06 bits per heavy atom. The number of aromatic nitrogens is 4. The van der Waals surface area contributed by atoms with Gasteiger partial charge in [-0.15, -0.1) is 5.10 Å². The van der Waals surface area contributed by atoms with E-state index in [1.165, 1.54) is 4.52 Å². The molecule has 1 amide bonds. The monoisotopic (exact) mass is 549 g/mol. The Morgan fingerprint density at radius 2 is 1.91 bits per heavy atom. The second-order valence-electron chi connectivity index (χ2n) is 7.63. The number of halogens is 2. The third-order valence-electron chi connectivity index (χ3n) is 5.57. The van der Waals surface area contributed by atoms with E-state index in [1.807, 2.05) is 42.5 Å². The van der Waals surface area contributed by atoms with Gasteiger partial charge in [-0.3, -0.25) is 14.6 Å². The van der Waals surface area contributed by atoms with Crippen molar-refractivity contribution in [3.63, 3.8) is 0 Å². The van der Waals surface area contributed by atoms with Crippen LogP contribution in [0.4, 0.5) is 5.69 Å². The third kappa shape index (κ3) is 3.35. The molecule has 6 rings (SSSR count). The molecule has 1 aliphatic rings. The largest absolute Gasteiger partial charge is 0.303 e. The molecule has 0 bridgehead atoms. The van der Waals surface area contributed by atoms with Crippen molar-refractivity contribution >= 4 is 61.0 Å². The molecule has 0 aliphatic carbocycles. The highest BCUT2D eigenvalue weighted by Crippen LogP contribution is 2.38. The highest BCUT2D eigenvalue weighted by Gasteiger charge is 2.35. The molecule has 166 valence electrons. The van der Waals surface area contributed by atoms with Crippen LogP contribution < -0.4 is 15.0 Å². The number of thiazole rings is 1. The van der Waals surface area contributed by atoms with Crippen molar-refractivity contribution in [1.29, 1.82) is 0 Å². The lowest BCUT2D eigenvalue weighted by molar-refractivity contribution is -0.113. The smallest absolute Gasteiger partial charge is 0.291 e. The molecule has 1 aliphatic heterocycles. The maximum atomic E-state index is 13.7. The molecule has 0 atom stereocenters. The highest BCUT2D eigenvalue weighted by molar-refractivity contribution is 9.10. The van der Waals surface area contributed by atoms with E-state index in [0.29, 0.717) is 37.0 Å². The zero-order valence-electron chi connectivity index (χ0n) is 17.3. The minimum Gasteiger partial charge on any atom is -0.303 e. The molecule has 7 nitrogen and oxygen atoms in total. The molecule has 0 radical (unpaired) electrons. The minimum atomic E-state index is -0.378. The lowest BCUT2D eigenvalue weighted by Crippen LogP contribution is -2.32. The van der Waals surface area contributed by atoms with Crippen molar-refractivity contribution in [2.75, 3.05) is 4.90 Å². The SMILES string of the molecule is O=C1/C(=c2\sc3nc(-c4cccnc4)nn3c2=O)c2cc(Br)ccc2N1Cc1ccccc1Cl. The van der Waals surface area contributed by atoms with Crippen molar-refractivity contribution < 1.29 is 4.79 Å². The van der Waals surface area contributed by atoms with Crippen LogP contribution in [-0.4, -0.2) is 25.5 Å². The molecule has 10 heteroatoms. The average Bonchev–Trinajstić information content (AvgIpc) is 3.47. The number of anilines is 1. The van der Waals surface area contributed by atoms with E-state index in [9.17, 15) is 9.59 Å². The third-order valence-corrected chi connectivity index (χ3v) is 7.46. The molecule has 0 spiro atoms. The lowest BCUT2D eigenvalue weighted by atomic mass is 10.1. The van der Waals surface area contributed by atoms with E-state index >= 15 is 0 Å². The Kier molecular flexibility index (Phi) is 5.05. The zero-order chi connectivity index (χ0) is 23.4. The van der Waals surface area contributed by atoms with Crippen LogP contribution in [0.2, 0.25) is 5.02 Å². The first-order chi connectivity index (χ1) is 16.5. The van der Waals surface area contributed by atoms with Gasteiger partial charge in [0.05, 0.1) is 17.8 Å². The van der Waals surface area contributed by atoms with Crippen LogP contribution in [0.3, 0.4) is 0 Å². The Balaban J connectivity index is 1.53. The van der Waals surface area contributed by atoms with Crippen LogP contribution in [0, 0.1) is 0 Å². The molecule has 0 saturated heterocycles. The summed E-state index contributed by atoms with van der Waals surface area (Å²) in [5.41, 5.74) is 2.89. The van der Waals surface area contributed by atoms with Gasteiger partial charge in [0.25, 0.3) is 11.5 Å². The number of amides is 1. The number of carbonyl (C=O) groups is 1. The normalized spacial score (nSPS) is 14.8. The van der Waals surface area contributed by atoms with Gasteiger partial charge in [-0.25, -0.2) is 0 Å². The van der Waals surface area contributed by atoms with Crippen molar-refractivity contribution in [2.24, 2.45) is 0 Å². The highest BCUT2D eigenvalue weighted by atomic mass is 79.9. The predicted molar refractivity (Wildman–Crippen MR) is 135 cm³/mol. The Hall–Kier alpha value is -3.40. The number of hydrogen-bond acceptors (Lipinski definition) is 6. The Labute approximate surface area is 210 Å². The first-order valence-corrected chi connectivity index (χ1v) is 12.2. The van der Waals surface area contributed by atoms with Gasteiger partial charge in [0.15, 0.2) is 5.82 Å². The first-order valence-electron chi connectivity index (χ1n) is 10.2. The summed E-state index contributed by atoms with van der Waals surface area (Å²) in [5, 5.41) is 4.95. The fourth-order valence-electron chi connectivity index (χ4n) is 3.98. The molecule has 0 fully saturated rings. The number of fused-ring (bicyclic) bond motifs is 2. The van der Waals surface area contributed by atoms with Crippen LogP contribution in [0.25, 0.3) is 21.9 Å². The van der Waals surface area contributed by atoms with Crippen LogP contribution in [0.1, 0.15) is 11.1 Å². The van der Waals surface area contributed by atoms with E-state index in [0.717, 1.165) is 27.1 Å². The fourth-order valence-corrected chi connectivity index (χ4v) is 5.53.